The van der Waals surface area contributed by atoms with Crippen molar-refractivity contribution in [1.82, 2.24) is 20.6 Å². The lowest BCUT2D eigenvalue weighted by molar-refractivity contribution is -0.116. The van der Waals surface area contributed by atoms with Gasteiger partial charge in [-0.1, -0.05) is 43.3 Å². The number of benzene rings is 2. The van der Waals surface area contributed by atoms with E-state index in [9.17, 15) is 22.6 Å². The van der Waals surface area contributed by atoms with Gasteiger partial charge in [-0.05, 0) is 61.4 Å². The molecular weight excluding hydrogens is 653 g/mol. The van der Waals surface area contributed by atoms with E-state index in [4.69, 9.17) is 9.72 Å². The van der Waals surface area contributed by atoms with Crippen LogP contribution in [0.4, 0.5) is 5.82 Å². The molecule has 2 aromatic carbocycles. The highest BCUT2D eigenvalue weighted by Gasteiger charge is 2.13. The Morgan fingerprint density at radius 3 is 2.50 bits per heavy atom. The van der Waals surface area contributed by atoms with Gasteiger partial charge >= 0.3 is 0 Å². The zero-order valence-electron chi connectivity index (χ0n) is 26.2. The average Bonchev–Trinajstić information content (AvgIpc) is 3.09. The zero-order valence-corrected chi connectivity index (χ0v) is 27.8. The third-order valence-electron chi connectivity index (χ3n) is 6.47. The molecule has 48 heavy (non-hydrogen) atoms. The first-order chi connectivity index (χ1) is 23.2. The summed E-state index contributed by atoms with van der Waals surface area (Å²) in [5.74, 6) is 0.997. The fraction of sp³-hybridized carbons (Fsp3) is 0.206. The number of rotatable bonds is 17. The van der Waals surface area contributed by atoms with Crippen molar-refractivity contribution in [2.24, 2.45) is 5.10 Å². The molecule has 0 saturated heterocycles. The van der Waals surface area contributed by atoms with Gasteiger partial charge < -0.3 is 15.4 Å². The minimum Gasteiger partial charge on any atom is -0.491 e. The molecule has 0 aliphatic rings. The van der Waals surface area contributed by atoms with Gasteiger partial charge in [0.2, 0.25) is 5.91 Å². The quantitative estimate of drug-likeness (QED) is 0.0289. The van der Waals surface area contributed by atoms with Gasteiger partial charge in [0.15, 0.2) is 0 Å². The molecule has 4 rings (SSSR count). The standard InChI is InChI=1S/C34H36N6O6S2/c1-2-21-46-30-16-14-27(24-47-28-10-4-3-5-11-28)39-29(30)15-18-33(41)35-19-8-20-36-34(42)26-13-17-32(37-22-26)40-38-23-25-9-6-7-12-31(25)48(43,44)45/h3-7,9-18,22-23H,2,8,19-21,24H2,1H3,(H,35,41)(H,36,42)(H,37,40)(H,43,44,45)/b18-15+,38-23-. The van der Waals surface area contributed by atoms with Crippen LogP contribution in [0, 0.1) is 0 Å². The predicted molar refractivity (Wildman–Crippen MR) is 187 cm³/mol. The van der Waals surface area contributed by atoms with Crippen molar-refractivity contribution in [3.05, 3.63) is 114 Å². The molecule has 4 N–H and O–H groups in total. The molecule has 12 nitrogen and oxygen atoms in total. The maximum Gasteiger partial charge on any atom is 0.295 e. The summed E-state index contributed by atoms with van der Waals surface area (Å²) >= 11 is 1.68. The molecule has 0 fully saturated rings. The highest BCUT2D eigenvalue weighted by Crippen LogP contribution is 2.25. The highest BCUT2D eigenvalue weighted by molar-refractivity contribution is 7.98. The minimum atomic E-state index is -4.40. The van der Waals surface area contributed by atoms with Gasteiger partial charge in [0.05, 0.1) is 24.1 Å². The number of anilines is 1. The van der Waals surface area contributed by atoms with E-state index in [-0.39, 0.29) is 22.3 Å². The van der Waals surface area contributed by atoms with Gasteiger partial charge in [0, 0.05) is 41.6 Å². The summed E-state index contributed by atoms with van der Waals surface area (Å²) < 4.78 is 38.2. The van der Waals surface area contributed by atoms with Crippen LogP contribution in [-0.2, 0) is 20.7 Å². The lowest BCUT2D eigenvalue weighted by Crippen LogP contribution is -2.29. The fourth-order valence-electron chi connectivity index (χ4n) is 4.11. The average molecular weight is 689 g/mol. The highest BCUT2D eigenvalue weighted by atomic mass is 32.2. The van der Waals surface area contributed by atoms with Crippen LogP contribution in [0.15, 0.2) is 106 Å². The minimum absolute atomic E-state index is 0.193. The lowest BCUT2D eigenvalue weighted by Gasteiger charge is -2.10. The number of ether oxygens (including phenoxy) is 1. The third-order valence-corrected chi connectivity index (χ3v) is 8.44. The molecule has 0 bridgehead atoms. The second-order valence-electron chi connectivity index (χ2n) is 10.2. The number of nitrogens with zero attached hydrogens (tertiary/aromatic N) is 3. The zero-order chi connectivity index (χ0) is 34.2. The predicted octanol–water partition coefficient (Wildman–Crippen LogP) is 5.20. The molecule has 2 aromatic heterocycles. The summed E-state index contributed by atoms with van der Waals surface area (Å²) in [6.07, 6.45) is 7.03. The summed E-state index contributed by atoms with van der Waals surface area (Å²) in [7, 11) is -4.40. The van der Waals surface area contributed by atoms with Crippen LogP contribution in [0.25, 0.3) is 6.08 Å². The van der Waals surface area contributed by atoms with E-state index < -0.39 is 10.1 Å². The monoisotopic (exact) mass is 688 g/mol. The fourth-order valence-corrected chi connectivity index (χ4v) is 5.61. The van der Waals surface area contributed by atoms with Crippen LogP contribution >= 0.6 is 11.8 Å². The van der Waals surface area contributed by atoms with Crippen LogP contribution in [0.1, 0.15) is 47.1 Å². The molecule has 2 amide bonds. The molecular formula is C34H36N6O6S2. The van der Waals surface area contributed by atoms with E-state index in [1.165, 1.54) is 36.7 Å². The smallest absolute Gasteiger partial charge is 0.295 e. The first-order valence-electron chi connectivity index (χ1n) is 15.1. The van der Waals surface area contributed by atoms with Crippen LogP contribution in [0.5, 0.6) is 5.75 Å². The van der Waals surface area contributed by atoms with E-state index in [1.54, 1.807) is 36.0 Å². The number of carbonyl (C=O) groups excluding carboxylic acids is 2. The molecule has 14 heteroatoms. The van der Waals surface area contributed by atoms with Crippen molar-refractivity contribution in [3.8, 4) is 5.75 Å². The maximum absolute atomic E-state index is 12.5. The Balaban J connectivity index is 1.20. The van der Waals surface area contributed by atoms with Crippen LogP contribution in [0.3, 0.4) is 0 Å². The number of nitrogens with one attached hydrogen (secondary N) is 3. The molecule has 0 aliphatic carbocycles. The Hall–Kier alpha value is -5.05. The van der Waals surface area contributed by atoms with Crippen LogP contribution in [0.2, 0.25) is 0 Å². The molecule has 0 saturated carbocycles. The second kappa shape index (κ2) is 18.3. The number of hydrogen-bond acceptors (Lipinski definition) is 10. The number of aromatic nitrogens is 2. The Morgan fingerprint density at radius 2 is 1.75 bits per heavy atom. The summed E-state index contributed by atoms with van der Waals surface area (Å²) in [5, 5.41) is 9.54. The first-order valence-corrected chi connectivity index (χ1v) is 17.5. The van der Waals surface area contributed by atoms with E-state index in [0.717, 1.165) is 17.0 Å². The normalized spacial score (nSPS) is 11.5. The summed E-state index contributed by atoms with van der Waals surface area (Å²) in [5.41, 5.74) is 4.62. The molecule has 4 aromatic rings. The Labute approximate surface area is 283 Å². The van der Waals surface area contributed by atoms with Crippen molar-refractivity contribution in [2.75, 3.05) is 25.1 Å². The van der Waals surface area contributed by atoms with Gasteiger partial charge in [-0.3, -0.25) is 19.6 Å². The number of hydrogen-bond donors (Lipinski definition) is 4. The molecule has 0 aliphatic heterocycles. The van der Waals surface area contributed by atoms with Crippen molar-refractivity contribution >= 4 is 51.8 Å². The molecule has 0 radical (unpaired) electrons. The van der Waals surface area contributed by atoms with E-state index in [0.29, 0.717) is 54.7 Å². The van der Waals surface area contributed by atoms with Crippen LogP contribution < -0.4 is 20.8 Å². The number of thioether (sulfide) groups is 1. The topological polar surface area (TPSA) is 172 Å². The third kappa shape index (κ3) is 11.6. The molecule has 2 heterocycles. The number of pyridine rings is 2. The second-order valence-corrected chi connectivity index (χ2v) is 12.6. The van der Waals surface area contributed by atoms with E-state index in [2.05, 4.69) is 26.1 Å². The van der Waals surface area contributed by atoms with Gasteiger partial charge in [-0.2, -0.15) is 13.5 Å². The number of carbonyl (C=O) groups is 2. The van der Waals surface area contributed by atoms with Crippen LogP contribution in [-0.4, -0.2) is 60.7 Å². The Morgan fingerprint density at radius 1 is 0.979 bits per heavy atom. The van der Waals surface area contributed by atoms with Gasteiger partial charge in [-0.15, -0.1) is 11.8 Å². The first kappa shape index (κ1) is 35.8. The SMILES string of the molecule is CCCOc1ccc(CSc2ccccc2)nc1/C=C/C(=O)NCCCNC(=O)c1ccc(N/N=C\c2ccccc2S(=O)(=O)O)nc1. The molecule has 0 spiro atoms. The van der Waals surface area contributed by atoms with E-state index >= 15 is 0 Å². The van der Waals surface area contributed by atoms with Gasteiger partial charge in [0.25, 0.3) is 16.0 Å². The lowest BCUT2D eigenvalue weighted by atomic mass is 10.2. The number of amides is 2. The van der Waals surface area contributed by atoms with Crippen molar-refractivity contribution in [2.45, 2.75) is 35.3 Å². The summed E-state index contributed by atoms with van der Waals surface area (Å²) in [6.45, 7) is 3.25. The molecule has 250 valence electrons. The largest absolute Gasteiger partial charge is 0.491 e. The Kier molecular flexibility index (Phi) is 13.7. The maximum atomic E-state index is 12.5. The Bertz CT molecular complexity index is 1830. The van der Waals surface area contributed by atoms with Gasteiger partial charge in [0.1, 0.15) is 22.2 Å². The van der Waals surface area contributed by atoms with Crippen molar-refractivity contribution in [3.63, 3.8) is 0 Å². The number of hydrazone groups is 1. The molecule has 0 atom stereocenters. The molecule has 0 unspecified atom stereocenters. The van der Waals surface area contributed by atoms with E-state index in [1.807, 2.05) is 49.4 Å². The van der Waals surface area contributed by atoms with Crippen molar-refractivity contribution < 1.29 is 27.3 Å². The summed E-state index contributed by atoms with van der Waals surface area (Å²) in [6, 6.07) is 22.8. The van der Waals surface area contributed by atoms with Gasteiger partial charge in [-0.25, -0.2) is 9.97 Å². The van der Waals surface area contributed by atoms with Crippen molar-refractivity contribution in [1.29, 1.82) is 0 Å². The summed E-state index contributed by atoms with van der Waals surface area (Å²) in [4.78, 5) is 34.7.